The Labute approximate surface area is 163 Å². The molecule has 1 atom stereocenters. The molecule has 0 N–H and O–H groups in total. The highest BCUT2D eigenvalue weighted by molar-refractivity contribution is 7.18. The molecular formula is C21H24N2O3S. The molecular weight excluding hydrogens is 360 g/mol. The second-order valence-electron chi connectivity index (χ2n) is 6.35. The van der Waals surface area contributed by atoms with E-state index in [-0.39, 0.29) is 11.9 Å². The molecule has 0 aliphatic carbocycles. The van der Waals surface area contributed by atoms with Crippen molar-refractivity contribution in [2.24, 2.45) is 0 Å². The van der Waals surface area contributed by atoms with Gasteiger partial charge < -0.3 is 14.4 Å². The van der Waals surface area contributed by atoms with Gasteiger partial charge in [-0.3, -0.25) is 4.79 Å². The van der Waals surface area contributed by atoms with E-state index in [1.165, 1.54) is 0 Å². The minimum Gasteiger partial charge on any atom is -0.493 e. The summed E-state index contributed by atoms with van der Waals surface area (Å²) in [4.78, 5) is 19.2. The maximum atomic E-state index is 12.7. The molecule has 142 valence electrons. The number of ether oxygens (including phenoxy) is 2. The number of fused-ring (bicyclic) bond motifs is 1. The number of rotatable bonds is 7. The second-order valence-corrected chi connectivity index (χ2v) is 7.42. The molecule has 0 radical (unpaired) electrons. The van der Waals surface area contributed by atoms with Crippen LogP contribution >= 0.6 is 11.3 Å². The molecule has 6 heteroatoms. The zero-order valence-corrected chi connectivity index (χ0v) is 16.9. The van der Waals surface area contributed by atoms with Crippen molar-refractivity contribution in [2.75, 3.05) is 21.3 Å². The van der Waals surface area contributed by atoms with Gasteiger partial charge in [0.25, 0.3) is 0 Å². The van der Waals surface area contributed by atoms with Gasteiger partial charge in [0, 0.05) is 13.5 Å². The SMILES string of the molecule is COc1cccc(CCC(=O)N(C)[C@@H](C)c2nc3ccccc3s2)c1OC. The van der Waals surface area contributed by atoms with Crippen LogP contribution in [0.15, 0.2) is 42.5 Å². The third-order valence-corrected chi connectivity index (χ3v) is 5.94. The fraction of sp³-hybridized carbons (Fsp3) is 0.333. The highest BCUT2D eigenvalue weighted by Gasteiger charge is 2.21. The van der Waals surface area contributed by atoms with E-state index in [1.807, 2.05) is 50.4 Å². The van der Waals surface area contributed by atoms with E-state index in [0.717, 1.165) is 20.8 Å². The van der Waals surface area contributed by atoms with Crippen molar-refractivity contribution in [2.45, 2.75) is 25.8 Å². The summed E-state index contributed by atoms with van der Waals surface area (Å²) in [5.74, 6) is 1.44. The monoisotopic (exact) mass is 384 g/mol. The van der Waals surface area contributed by atoms with Crippen molar-refractivity contribution in [3.05, 3.63) is 53.0 Å². The minimum atomic E-state index is -0.0675. The number of amides is 1. The number of thiazole rings is 1. The van der Waals surface area contributed by atoms with E-state index in [0.29, 0.717) is 24.3 Å². The number of benzene rings is 2. The number of aryl methyl sites for hydroxylation is 1. The number of aromatic nitrogens is 1. The van der Waals surface area contributed by atoms with Crippen LogP contribution in [0.25, 0.3) is 10.2 Å². The largest absolute Gasteiger partial charge is 0.493 e. The summed E-state index contributed by atoms with van der Waals surface area (Å²) < 4.78 is 11.9. The highest BCUT2D eigenvalue weighted by Crippen LogP contribution is 2.32. The zero-order chi connectivity index (χ0) is 19.4. The van der Waals surface area contributed by atoms with E-state index < -0.39 is 0 Å². The minimum absolute atomic E-state index is 0.0675. The van der Waals surface area contributed by atoms with Gasteiger partial charge in [-0.2, -0.15) is 0 Å². The van der Waals surface area contributed by atoms with Crippen molar-refractivity contribution < 1.29 is 14.3 Å². The average Bonchev–Trinajstić information content (AvgIpc) is 3.14. The number of carbonyl (C=O) groups excluding carboxylic acids is 1. The van der Waals surface area contributed by atoms with Crippen LogP contribution in [0.1, 0.15) is 30.0 Å². The van der Waals surface area contributed by atoms with Gasteiger partial charge in [0.1, 0.15) is 5.01 Å². The number of hydrogen-bond acceptors (Lipinski definition) is 5. The molecule has 27 heavy (non-hydrogen) atoms. The van der Waals surface area contributed by atoms with E-state index in [1.54, 1.807) is 30.5 Å². The molecule has 1 heterocycles. The second kappa shape index (κ2) is 8.39. The molecule has 0 fully saturated rings. The van der Waals surface area contributed by atoms with E-state index in [9.17, 15) is 4.79 Å². The third kappa shape index (κ3) is 4.06. The lowest BCUT2D eigenvalue weighted by atomic mass is 10.1. The Morgan fingerprint density at radius 3 is 2.63 bits per heavy atom. The Morgan fingerprint density at radius 2 is 1.93 bits per heavy atom. The van der Waals surface area contributed by atoms with Gasteiger partial charge in [-0.15, -0.1) is 11.3 Å². The van der Waals surface area contributed by atoms with Crippen LogP contribution in [0.2, 0.25) is 0 Å². The fourth-order valence-corrected chi connectivity index (χ4v) is 4.08. The lowest BCUT2D eigenvalue weighted by Gasteiger charge is -2.23. The van der Waals surface area contributed by atoms with Gasteiger partial charge in [-0.25, -0.2) is 4.98 Å². The van der Waals surface area contributed by atoms with Crippen molar-refractivity contribution in [1.82, 2.24) is 9.88 Å². The van der Waals surface area contributed by atoms with Gasteiger partial charge in [0.2, 0.25) is 5.91 Å². The summed E-state index contributed by atoms with van der Waals surface area (Å²) in [6.07, 6.45) is 0.991. The van der Waals surface area contributed by atoms with Crippen LogP contribution in [0.5, 0.6) is 11.5 Å². The smallest absolute Gasteiger partial charge is 0.223 e. The van der Waals surface area contributed by atoms with Crippen LogP contribution in [-0.2, 0) is 11.2 Å². The van der Waals surface area contributed by atoms with Gasteiger partial charge in [0.15, 0.2) is 11.5 Å². The number of para-hydroxylation sites is 2. The molecule has 1 amide bonds. The first-order chi connectivity index (χ1) is 13.0. The number of nitrogens with zero attached hydrogens (tertiary/aromatic N) is 2. The molecule has 0 bridgehead atoms. The summed E-state index contributed by atoms with van der Waals surface area (Å²) in [7, 11) is 5.06. The van der Waals surface area contributed by atoms with E-state index >= 15 is 0 Å². The standard InChI is InChI=1S/C21H24N2O3S/c1-14(21-22-16-9-5-6-11-18(16)27-21)23(2)19(24)13-12-15-8-7-10-17(25-3)20(15)26-4/h5-11,14H,12-13H2,1-4H3/t14-/m0/s1. The molecule has 0 aliphatic rings. The maximum absolute atomic E-state index is 12.7. The summed E-state index contributed by atoms with van der Waals surface area (Å²) in [6, 6.07) is 13.7. The summed E-state index contributed by atoms with van der Waals surface area (Å²) >= 11 is 1.64. The molecule has 1 aromatic heterocycles. The van der Waals surface area contributed by atoms with Crippen LogP contribution in [0.4, 0.5) is 0 Å². The highest BCUT2D eigenvalue weighted by atomic mass is 32.1. The Balaban J connectivity index is 1.69. The molecule has 0 saturated heterocycles. The van der Waals surface area contributed by atoms with Gasteiger partial charge in [-0.1, -0.05) is 24.3 Å². The van der Waals surface area contributed by atoms with Crippen LogP contribution in [-0.4, -0.2) is 37.1 Å². The molecule has 5 nitrogen and oxygen atoms in total. The number of carbonyl (C=O) groups is 1. The maximum Gasteiger partial charge on any atom is 0.223 e. The number of methoxy groups -OCH3 is 2. The fourth-order valence-electron chi connectivity index (χ4n) is 3.02. The lowest BCUT2D eigenvalue weighted by Crippen LogP contribution is -2.29. The molecule has 0 aliphatic heterocycles. The topological polar surface area (TPSA) is 51.7 Å². The Morgan fingerprint density at radius 1 is 1.15 bits per heavy atom. The van der Waals surface area contributed by atoms with E-state index in [2.05, 4.69) is 11.1 Å². The molecule has 3 aromatic rings. The Bertz CT molecular complexity index is 905. The van der Waals surface area contributed by atoms with Crippen LogP contribution in [0.3, 0.4) is 0 Å². The molecule has 0 unspecified atom stereocenters. The predicted molar refractivity (Wildman–Crippen MR) is 109 cm³/mol. The summed E-state index contributed by atoms with van der Waals surface area (Å²) in [5, 5.41) is 0.950. The first kappa shape index (κ1) is 19.2. The van der Waals surface area contributed by atoms with Crippen LogP contribution in [0, 0.1) is 0 Å². The molecule has 3 rings (SSSR count). The van der Waals surface area contributed by atoms with Crippen molar-refractivity contribution in [3.63, 3.8) is 0 Å². The van der Waals surface area contributed by atoms with Crippen molar-refractivity contribution in [1.29, 1.82) is 0 Å². The third-order valence-electron chi connectivity index (χ3n) is 4.73. The van der Waals surface area contributed by atoms with Crippen LogP contribution < -0.4 is 9.47 Å². The number of hydrogen-bond donors (Lipinski definition) is 0. The quantitative estimate of drug-likeness (QED) is 0.603. The first-order valence-electron chi connectivity index (χ1n) is 8.86. The first-order valence-corrected chi connectivity index (χ1v) is 9.67. The lowest BCUT2D eigenvalue weighted by molar-refractivity contribution is -0.131. The normalized spacial score (nSPS) is 12.0. The van der Waals surface area contributed by atoms with E-state index in [4.69, 9.17) is 9.47 Å². The van der Waals surface area contributed by atoms with Gasteiger partial charge >= 0.3 is 0 Å². The Hall–Kier alpha value is -2.60. The van der Waals surface area contributed by atoms with Gasteiger partial charge in [-0.05, 0) is 37.1 Å². The average molecular weight is 385 g/mol. The molecule has 0 spiro atoms. The molecule has 0 saturated carbocycles. The van der Waals surface area contributed by atoms with Crippen molar-refractivity contribution >= 4 is 27.5 Å². The van der Waals surface area contributed by atoms with Crippen molar-refractivity contribution in [3.8, 4) is 11.5 Å². The molecule has 2 aromatic carbocycles. The zero-order valence-electron chi connectivity index (χ0n) is 16.1. The summed E-state index contributed by atoms with van der Waals surface area (Å²) in [5.41, 5.74) is 1.94. The predicted octanol–water partition coefficient (Wildman–Crippen LogP) is 4.47. The summed E-state index contributed by atoms with van der Waals surface area (Å²) in [6.45, 7) is 2.02. The Kier molecular flexibility index (Phi) is 5.96. The van der Waals surface area contributed by atoms with Gasteiger partial charge in [0.05, 0.1) is 30.5 Å².